The van der Waals surface area contributed by atoms with Crippen molar-refractivity contribution in [3.8, 4) is 0 Å². The molecular weight excluding hydrogens is 274 g/mol. The van der Waals surface area contributed by atoms with Gasteiger partial charge >= 0.3 is 5.97 Å². The quantitative estimate of drug-likeness (QED) is 0.841. The molecule has 1 aromatic carbocycles. The van der Waals surface area contributed by atoms with Crippen LogP contribution in [0, 0.1) is 0 Å². The van der Waals surface area contributed by atoms with Gasteiger partial charge in [-0.1, -0.05) is 33.6 Å². The van der Waals surface area contributed by atoms with Gasteiger partial charge in [-0.2, -0.15) is 4.39 Å². The van der Waals surface area contributed by atoms with Crippen LogP contribution in [0.5, 0.6) is 0 Å². The van der Waals surface area contributed by atoms with Crippen molar-refractivity contribution in [3.63, 3.8) is 0 Å². The van der Waals surface area contributed by atoms with E-state index in [-0.39, 0.29) is 5.02 Å². The van der Waals surface area contributed by atoms with Crippen molar-refractivity contribution in [2.45, 2.75) is 0 Å². The average molecular weight is 279 g/mol. The molecule has 0 heterocycles. The van der Waals surface area contributed by atoms with Crippen molar-refractivity contribution >= 4 is 39.6 Å². The van der Waals surface area contributed by atoms with Crippen LogP contribution in [-0.2, 0) is 4.79 Å². The van der Waals surface area contributed by atoms with E-state index in [1.807, 2.05) is 0 Å². The van der Waals surface area contributed by atoms with E-state index in [2.05, 4.69) is 15.9 Å². The van der Waals surface area contributed by atoms with Crippen molar-refractivity contribution in [2.75, 3.05) is 0 Å². The van der Waals surface area contributed by atoms with Crippen molar-refractivity contribution in [2.24, 2.45) is 0 Å². The maximum atomic E-state index is 12.7. The maximum Gasteiger partial charge on any atom is 0.364 e. The van der Waals surface area contributed by atoms with E-state index in [0.29, 0.717) is 5.56 Å². The van der Waals surface area contributed by atoms with Crippen LogP contribution in [0.25, 0.3) is 6.08 Å². The normalized spacial score (nSPS) is 11.5. The summed E-state index contributed by atoms with van der Waals surface area (Å²) >= 11 is 8.92. The Bertz CT molecular complexity index is 404. The van der Waals surface area contributed by atoms with Crippen molar-refractivity contribution in [1.82, 2.24) is 0 Å². The fourth-order valence-electron chi connectivity index (χ4n) is 0.817. The van der Waals surface area contributed by atoms with Gasteiger partial charge in [-0.05, 0) is 23.8 Å². The molecular formula is C9H5BrClFO2. The standard InChI is InChI=1S/C9H5BrClFO2/c10-6-2-1-5(7(11)4-6)3-8(12)9(13)14/h1-4H,(H,13,14)/b8-3-. The summed E-state index contributed by atoms with van der Waals surface area (Å²) < 4.78 is 13.4. The number of benzene rings is 1. The smallest absolute Gasteiger partial charge is 0.364 e. The third kappa shape index (κ3) is 2.82. The van der Waals surface area contributed by atoms with Crippen LogP contribution in [0.15, 0.2) is 28.5 Å². The molecule has 5 heteroatoms. The molecule has 0 spiro atoms. The molecule has 1 aromatic rings. The van der Waals surface area contributed by atoms with Gasteiger partial charge in [-0.3, -0.25) is 0 Å². The molecule has 1 rings (SSSR count). The number of carbonyl (C=O) groups is 1. The Morgan fingerprint density at radius 2 is 2.21 bits per heavy atom. The number of hydrogen-bond acceptors (Lipinski definition) is 1. The second kappa shape index (κ2) is 4.57. The fraction of sp³-hybridized carbons (Fsp3) is 0. The molecule has 0 radical (unpaired) electrons. The zero-order valence-corrected chi connectivity index (χ0v) is 9.14. The summed E-state index contributed by atoms with van der Waals surface area (Å²) in [5.74, 6) is -2.85. The molecule has 0 atom stereocenters. The van der Waals surface area contributed by atoms with E-state index in [1.54, 1.807) is 12.1 Å². The Morgan fingerprint density at radius 3 is 2.71 bits per heavy atom. The molecule has 0 fully saturated rings. The summed E-state index contributed by atoms with van der Waals surface area (Å²) in [5, 5.41) is 8.58. The van der Waals surface area contributed by atoms with Gasteiger partial charge in [0.15, 0.2) is 0 Å². The maximum absolute atomic E-state index is 12.7. The molecule has 1 N–H and O–H groups in total. The van der Waals surface area contributed by atoms with Gasteiger partial charge in [0, 0.05) is 9.50 Å². The van der Waals surface area contributed by atoms with Crippen molar-refractivity contribution in [1.29, 1.82) is 0 Å². The highest BCUT2D eigenvalue weighted by Gasteiger charge is 2.06. The van der Waals surface area contributed by atoms with Gasteiger partial charge in [-0.15, -0.1) is 0 Å². The molecule has 14 heavy (non-hydrogen) atoms. The highest BCUT2D eigenvalue weighted by molar-refractivity contribution is 9.10. The Balaban J connectivity index is 3.09. The van der Waals surface area contributed by atoms with Crippen LogP contribution in [0.2, 0.25) is 5.02 Å². The first kappa shape index (κ1) is 11.2. The van der Waals surface area contributed by atoms with Crippen LogP contribution < -0.4 is 0 Å². The zero-order valence-electron chi connectivity index (χ0n) is 6.80. The lowest BCUT2D eigenvalue weighted by Crippen LogP contribution is -1.94. The summed E-state index contributed by atoms with van der Waals surface area (Å²) in [4.78, 5) is 10.2. The second-order valence-corrected chi connectivity index (χ2v) is 3.79. The zero-order chi connectivity index (χ0) is 10.7. The number of carboxylic acid groups (broad SMARTS) is 1. The van der Waals surface area contributed by atoms with Crippen LogP contribution in [0.4, 0.5) is 4.39 Å². The van der Waals surface area contributed by atoms with Gasteiger partial charge in [-0.25, -0.2) is 4.79 Å². The third-order valence-corrected chi connectivity index (χ3v) is 2.27. The minimum absolute atomic E-state index is 0.288. The number of rotatable bonds is 2. The second-order valence-electron chi connectivity index (χ2n) is 2.46. The number of aliphatic carboxylic acids is 1. The first-order valence-electron chi connectivity index (χ1n) is 3.56. The summed E-state index contributed by atoms with van der Waals surface area (Å²) in [6.45, 7) is 0. The molecule has 0 aliphatic carbocycles. The lowest BCUT2D eigenvalue weighted by atomic mass is 10.2. The Hall–Kier alpha value is -0.870. The van der Waals surface area contributed by atoms with E-state index in [9.17, 15) is 9.18 Å². The van der Waals surface area contributed by atoms with Crippen molar-refractivity contribution in [3.05, 3.63) is 39.1 Å². The molecule has 74 valence electrons. The van der Waals surface area contributed by atoms with Crippen molar-refractivity contribution < 1.29 is 14.3 Å². The summed E-state index contributed by atoms with van der Waals surface area (Å²) in [5.41, 5.74) is 0.328. The van der Waals surface area contributed by atoms with E-state index >= 15 is 0 Å². The molecule has 0 unspecified atom stereocenters. The molecule has 0 aliphatic rings. The molecule has 0 aliphatic heterocycles. The Morgan fingerprint density at radius 1 is 1.57 bits per heavy atom. The molecule has 0 saturated carbocycles. The number of carboxylic acids is 1. The van der Waals surface area contributed by atoms with E-state index in [0.717, 1.165) is 10.5 Å². The third-order valence-electron chi connectivity index (χ3n) is 1.45. The fourth-order valence-corrected chi connectivity index (χ4v) is 1.54. The van der Waals surface area contributed by atoms with Crippen LogP contribution in [-0.4, -0.2) is 11.1 Å². The van der Waals surface area contributed by atoms with Gasteiger partial charge < -0.3 is 5.11 Å². The largest absolute Gasteiger partial charge is 0.476 e. The predicted molar refractivity (Wildman–Crippen MR) is 55.9 cm³/mol. The first-order chi connectivity index (χ1) is 6.50. The lowest BCUT2D eigenvalue weighted by Gasteiger charge is -1.98. The minimum atomic E-state index is -1.61. The Kier molecular flexibility index (Phi) is 3.66. The average Bonchev–Trinajstić information content (AvgIpc) is 2.09. The summed E-state index contributed by atoms with van der Waals surface area (Å²) in [7, 11) is 0. The SMILES string of the molecule is O=C(O)/C(F)=C/c1ccc(Br)cc1Cl. The summed E-state index contributed by atoms with van der Waals surface area (Å²) in [6, 6.07) is 4.73. The van der Waals surface area contributed by atoms with E-state index in [1.165, 1.54) is 6.07 Å². The predicted octanol–water partition coefficient (Wildman–Crippen LogP) is 3.50. The van der Waals surface area contributed by atoms with E-state index in [4.69, 9.17) is 16.7 Å². The monoisotopic (exact) mass is 278 g/mol. The summed E-state index contributed by atoms with van der Waals surface area (Å²) in [6.07, 6.45) is 0.872. The number of hydrogen-bond donors (Lipinski definition) is 1. The number of halogens is 3. The van der Waals surface area contributed by atoms with Gasteiger partial charge in [0.1, 0.15) is 0 Å². The topological polar surface area (TPSA) is 37.3 Å². The van der Waals surface area contributed by atoms with Gasteiger partial charge in [0.2, 0.25) is 5.83 Å². The highest BCUT2D eigenvalue weighted by Crippen LogP contribution is 2.23. The van der Waals surface area contributed by atoms with E-state index < -0.39 is 11.8 Å². The lowest BCUT2D eigenvalue weighted by molar-refractivity contribution is -0.134. The first-order valence-corrected chi connectivity index (χ1v) is 4.73. The molecule has 0 amide bonds. The molecule has 0 aromatic heterocycles. The minimum Gasteiger partial charge on any atom is -0.476 e. The Labute approximate surface area is 93.1 Å². The van der Waals surface area contributed by atoms with Gasteiger partial charge in [0.25, 0.3) is 0 Å². The molecule has 2 nitrogen and oxygen atoms in total. The molecule has 0 saturated heterocycles. The van der Waals surface area contributed by atoms with Crippen LogP contribution in [0.1, 0.15) is 5.56 Å². The van der Waals surface area contributed by atoms with Crippen LogP contribution >= 0.6 is 27.5 Å². The van der Waals surface area contributed by atoms with Gasteiger partial charge in [0.05, 0.1) is 0 Å². The van der Waals surface area contributed by atoms with Crippen LogP contribution in [0.3, 0.4) is 0 Å². The highest BCUT2D eigenvalue weighted by atomic mass is 79.9. The molecule has 0 bridgehead atoms.